The summed E-state index contributed by atoms with van der Waals surface area (Å²) >= 11 is 0. The Bertz CT molecular complexity index is 1230. The van der Waals surface area contributed by atoms with Crippen LogP contribution in [-0.2, 0) is 14.0 Å². The van der Waals surface area contributed by atoms with Crippen LogP contribution in [0.3, 0.4) is 0 Å². The van der Waals surface area contributed by atoms with Crippen molar-refractivity contribution >= 4 is 24.7 Å². The third-order valence-electron chi connectivity index (χ3n) is 7.29. The molecule has 0 fully saturated rings. The standard InChI is InChI=1S/C35H44O6Si/c1-34(2,3)42(30-19-11-8-12-20-30,31-21-13-9-14-22-31)40-26-15-7-5-6-10-17-28(36)27-32(37)35(4,39)25-24-29-18-16-23-33(38)41-29/h5-17,19-25,28-29,32,36-37,39H,18,26-27H2,1-4H3/b6-5-,15-7+,17-10-,25-24+/t28-,29+,32-,35+/m1/s1. The van der Waals surface area contributed by atoms with Crippen molar-refractivity contribution in [3.8, 4) is 0 Å². The minimum atomic E-state index is -2.59. The predicted molar refractivity (Wildman–Crippen MR) is 171 cm³/mol. The SMILES string of the molecule is CC(C)(C)[Si](OC/C=C/C=C\C=C/[C@@H](O)C[C@@H](O)[C@@](C)(O)/C=C/[C@@H]1CC=CC(=O)O1)(c1ccccc1)c1ccccc1. The molecule has 42 heavy (non-hydrogen) atoms. The summed E-state index contributed by atoms with van der Waals surface area (Å²) in [5.41, 5.74) is -1.59. The molecule has 0 saturated carbocycles. The van der Waals surface area contributed by atoms with Crippen LogP contribution in [0.4, 0.5) is 0 Å². The molecule has 1 aliphatic rings. The number of carbonyl (C=O) groups excluding carboxylic acids is 1. The molecule has 7 heteroatoms. The van der Waals surface area contributed by atoms with E-state index in [4.69, 9.17) is 9.16 Å². The van der Waals surface area contributed by atoms with Crippen LogP contribution in [0.15, 0.2) is 121 Å². The molecule has 6 nitrogen and oxygen atoms in total. The number of hydrogen-bond donors (Lipinski definition) is 3. The molecule has 224 valence electrons. The number of rotatable bonds is 13. The summed E-state index contributed by atoms with van der Waals surface area (Å²) in [5.74, 6) is -0.439. The molecule has 0 saturated heterocycles. The maximum Gasteiger partial charge on any atom is 0.331 e. The Hall–Kier alpha value is -3.33. The Morgan fingerprint density at radius 2 is 1.55 bits per heavy atom. The summed E-state index contributed by atoms with van der Waals surface area (Å²) in [7, 11) is -2.59. The Balaban J connectivity index is 1.55. The smallest absolute Gasteiger partial charge is 0.331 e. The molecule has 4 atom stereocenters. The summed E-state index contributed by atoms with van der Waals surface area (Å²) in [6, 6.07) is 21.0. The van der Waals surface area contributed by atoms with Gasteiger partial charge >= 0.3 is 5.97 Å². The molecule has 2 aromatic carbocycles. The van der Waals surface area contributed by atoms with Crippen LogP contribution in [0, 0.1) is 0 Å². The molecule has 0 spiro atoms. The van der Waals surface area contributed by atoms with E-state index in [9.17, 15) is 20.1 Å². The number of aliphatic hydroxyl groups is 3. The molecule has 0 radical (unpaired) electrons. The first kappa shape index (κ1) is 33.2. The molecule has 0 bridgehead atoms. The van der Waals surface area contributed by atoms with E-state index in [2.05, 4.69) is 69.3 Å². The molecule has 3 N–H and O–H groups in total. The molecule has 0 unspecified atom stereocenters. The first-order chi connectivity index (χ1) is 20.0. The van der Waals surface area contributed by atoms with E-state index in [0.717, 1.165) is 0 Å². The van der Waals surface area contributed by atoms with Gasteiger partial charge in [-0.15, -0.1) is 0 Å². The van der Waals surface area contributed by atoms with Gasteiger partial charge in [-0.3, -0.25) is 0 Å². The molecule has 0 aromatic heterocycles. The molecule has 2 aromatic rings. The van der Waals surface area contributed by atoms with Gasteiger partial charge in [0, 0.05) is 18.9 Å². The van der Waals surface area contributed by atoms with Crippen molar-refractivity contribution in [2.75, 3.05) is 6.61 Å². The van der Waals surface area contributed by atoms with Crippen molar-refractivity contribution in [3.63, 3.8) is 0 Å². The van der Waals surface area contributed by atoms with Gasteiger partial charge in [0.05, 0.1) is 18.8 Å². The van der Waals surface area contributed by atoms with Crippen LogP contribution in [0.2, 0.25) is 5.04 Å². The second-order valence-corrected chi connectivity index (χ2v) is 16.0. The van der Waals surface area contributed by atoms with E-state index in [1.54, 1.807) is 30.4 Å². The number of ether oxygens (including phenoxy) is 1. The second-order valence-electron chi connectivity index (χ2n) is 11.7. The van der Waals surface area contributed by atoms with Crippen molar-refractivity contribution in [1.29, 1.82) is 0 Å². The van der Waals surface area contributed by atoms with Gasteiger partial charge < -0.3 is 24.5 Å². The lowest BCUT2D eigenvalue weighted by molar-refractivity contribution is -0.141. The lowest BCUT2D eigenvalue weighted by Crippen LogP contribution is -2.66. The number of allylic oxidation sites excluding steroid dienone is 4. The fourth-order valence-corrected chi connectivity index (χ4v) is 9.50. The maximum atomic E-state index is 11.3. The Labute approximate surface area is 251 Å². The van der Waals surface area contributed by atoms with Crippen LogP contribution in [-0.4, -0.2) is 60.1 Å². The van der Waals surface area contributed by atoms with Gasteiger partial charge in [-0.25, -0.2) is 4.79 Å². The molecule has 0 amide bonds. The zero-order chi connectivity index (χ0) is 30.6. The van der Waals surface area contributed by atoms with E-state index in [1.807, 2.05) is 30.4 Å². The third-order valence-corrected chi connectivity index (χ3v) is 12.3. The topological polar surface area (TPSA) is 96.2 Å². The van der Waals surface area contributed by atoms with E-state index in [-0.39, 0.29) is 11.5 Å². The average molecular weight is 589 g/mol. The van der Waals surface area contributed by atoms with Gasteiger partial charge in [-0.1, -0.05) is 130 Å². The summed E-state index contributed by atoms with van der Waals surface area (Å²) in [6.07, 6.45) is 14.6. The lowest BCUT2D eigenvalue weighted by Gasteiger charge is -2.42. The summed E-state index contributed by atoms with van der Waals surface area (Å²) in [4.78, 5) is 11.3. The van der Waals surface area contributed by atoms with Gasteiger partial charge in [0.15, 0.2) is 0 Å². The molecule has 1 aliphatic heterocycles. The number of carbonyl (C=O) groups is 1. The number of cyclic esters (lactones) is 1. The quantitative estimate of drug-likeness (QED) is 0.138. The highest BCUT2D eigenvalue weighted by Gasteiger charge is 2.49. The molecule has 1 heterocycles. The first-order valence-electron chi connectivity index (χ1n) is 14.4. The van der Waals surface area contributed by atoms with Crippen molar-refractivity contribution in [2.45, 2.75) is 69.5 Å². The zero-order valence-electron chi connectivity index (χ0n) is 25.0. The molecular weight excluding hydrogens is 544 g/mol. The zero-order valence-corrected chi connectivity index (χ0v) is 26.0. The average Bonchev–Trinajstić information content (AvgIpc) is 2.95. The highest BCUT2D eigenvalue weighted by molar-refractivity contribution is 6.99. The Morgan fingerprint density at radius 1 is 0.952 bits per heavy atom. The maximum absolute atomic E-state index is 11.3. The highest BCUT2D eigenvalue weighted by atomic mass is 28.4. The summed E-state index contributed by atoms with van der Waals surface area (Å²) < 4.78 is 12.0. The van der Waals surface area contributed by atoms with Crippen LogP contribution in [0.25, 0.3) is 0 Å². The van der Waals surface area contributed by atoms with E-state index >= 15 is 0 Å². The van der Waals surface area contributed by atoms with Gasteiger partial charge in [0.2, 0.25) is 0 Å². The number of esters is 1. The minimum absolute atomic E-state index is 0.0613. The van der Waals surface area contributed by atoms with Gasteiger partial charge in [-0.05, 0) is 28.4 Å². The lowest BCUT2D eigenvalue weighted by atomic mass is 9.93. The van der Waals surface area contributed by atoms with Gasteiger partial charge in [-0.2, -0.15) is 0 Å². The van der Waals surface area contributed by atoms with Crippen molar-refractivity contribution < 1.29 is 29.3 Å². The first-order valence-corrected chi connectivity index (χ1v) is 16.3. The van der Waals surface area contributed by atoms with E-state index < -0.39 is 38.2 Å². The highest BCUT2D eigenvalue weighted by Crippen LogP contribution is 2.36. The minimum Gasteiger partial charge on any atom is -0.455 e. The number of benzene rings is 2. The molecular formula is C35H44O6Si. The van der Waals surface area contributed by atoms with Gasteiger partial charge in [0.25, 0.3) is 8.32 Å². The van der Waals surface area contributed by atoms with Crippen molar-refractivity contribution in [1.82, 2.24) is 0 Å². The summed E-state index contributed by atoms with van der Waals surface area (Å²) in [6.45, 7) is 8.64. The van der Waals surface area contributed by atoms with Crippen molar-refractivity contribution in [3.05, 3.63) is 121 Å². The van der Waals surface area contributed by atoms with Crippen LogP contribution < -0.4 is 10.4 Å². The Morgan fingerprint density at radius 3 is 2.12 bits per heavy atom. The fraction of sp³-hybridized carbons (Fsp3) is 0.343. The predicted octanol–water partition coefficient (Wildman–Crippen LogP) is 4.52. The number of hydrogen-bond acceptors (Lipinski definition) is 6. The number of aliphatic hydroxyl groups excluding tert-OH is 2. The Kier molecular flexibility index (Phi) is 12.0. The van der Waals surface area contributed by atoms with Gasteiger partial charge in [0.1, 0.15) is 11.7 Å². The normalized spacial score (nSPS) is 19.5. The third kappa shape index (κ3) is 9.08. The van der Waals surface area contributed by atoms with E-state index in [1.165, 1.54) is 29.4 Å². The summed E-state index contributed by atoms with van der Waals surface area (Å²) in [5, 5.41) is 33.8. The second kappa shape index (κ2) is 15.2. The van der Waals surface area contributed by atoms with Crippen molar-refractivity contribution in [2.24, 2.45) is 0 Å². The van der Waals surface area contributed by atoms with Crippen LogP contribution >= 0.6 is 0 Å². The monoisotopic (exact) mass is 588 g/mol. The largest absolute Gasteiger partial charge is 0.455 e. The molecule has 0 aliphatic carbocycles. The van der Waals surface area contributed by atoms with Crippen LogP contribution in [0.1, 0.15) is 40.5 Å². The van der Waals surface area contributed by atoms with E-state index in [0.29, 0.717) is 13.0 Å². The molecule has 3 rings (SSSR count). The van der Waals surface area contributed by atoms with Crippen LogP contribution in [0.5, 0.6) is 0 Å². The fourth-order valence-electron chi connectivity index (χ4n) is 5.00.